The van der Waals surface area contributed by atoms with Crippen molar-refractivity contribution in [1.82, 2.24) is 5.32 Å². The Kier molecular flexibility index (Phi) is 5.67. The molecule has 2 fully saturated rings. The largest absolute Gasteiger partial charge is 0.480 e. The Morgan fingerprint density at radius 3 is 2.71 bits per heavy atom. The molecule has 21 heavy (non-hydrogen) atoms. The molecule has 2 aliphatic rings. The monoisotopic (exact) mass is 297 g/mol. The molecule has 0 aromatic carbocycles. The molecular formula is C17H31NO3. The van der Waals surface area contributed by atoms with Gasteiger partial charge in [-0.3, -0.25) is 10.1 Å². The fourth-order valence-electron chi connectivity index (χ4n) is 4.06. The summed E-state index contributed by atoms with van der Waals surface area (Å²) >= 11 is 0. The summed E-state index contributed by atoms with van der Waals surface area (Å²) in [5.74, 6) is 0.0700. The predicted molar refractivity (Wildman–Crippen MR) is 83.4 cm³/mol. The molecule has 0 aromatic heterocycles. The maximum absolute atomic E-state index is 11.7. The van der Waals surface area contributed by atoms with Crippen LogP contribution < -0.4 is 5.32 Å². The fourth-order valence-corrected chi connectivity index (χ4v) is 4.06. The van der Waals surface area contributed by atoms with Crippen molar-refractivity contribution in [3.63, 3.8) is 0 Å². The summed E-state index contributed by atoms with van der Waals surface area (Å²) in [5.41, 5.74) is -0.780. The summed E-state index contributed by atoms with van der Waals surface area (Å²) in [6.45, 7) is 6.27. The molecule has 0 saturated heterocycles. The van der Waals surface area contributed by atoms with Gasteiger partial charge in [-0.05, 0) is 45.4 Å². The highest BCUT2D eigenvalue weighted by Crippen LogP contribution is 2.36. The average Bonchev–Trinajstić information content (AvgIpc) is 2.82. The molecule has 0 aliphatic heterocycles. The van der Waals surface area contributed by atoms with Crippen LogP contribution in [0.1, 0.15) is 72.1 Å². The highest BCUT2D eigenvalue weighted by molar-refractivity contribution is 5.79. The third-order valence-corrected chi connectivity index (χ3v) is 5.14. The van der Waals surface area contributed by atoms with Gasteiger partial charge >= 0.3 is 5.97 Å². The van der Waals surface area contributed by atoms with Gasteiger partial charge in [-0.15, -0.1) is 0 Å². The molecule has 2 rings (SSSR count). The maximum atomic E-state index is 11.7. The number of nitrogens with one attached hydrogen (secondary N) is 1. The summed E-state index contributed by atoms with van der Waals surface area (Å²) in [4.78, 5) is 11.7. The minimum absolute atomic E-state index is 0.105. The molecule has 0 radical (unpaired) electrons. The van der Waals surface area contributed by atoms with Crippen molar-refractivity contribution >= 4 is 5.97 Å². The SMILES string of the molecule is CCC1CCCC(OC2CCC(NC(C)C)(C(=O)O)C2)C1. The average molecular weight is 297 g/mol. The van der Waals surface area contributed by atoms with Crippen molar-refractivity contribution in [3.05, 3.63) is 0 Å². The normalized spacial score (nSPS) is 37.0. The first kappa shape index (κ1) is 16.8. The van der Waals surface area contributed by atoms with Gasteiger partial charge in [0.1, 0.15) is 5.54 Å². The van der Waals surface area contributed by atoms with Gasteiger partial charge in [0.2, 0.25) is 0 Å². The Labute approximate surface area is 128 Å². The minimum Gasteiger partial charge on any atom is -0.480 e. The third-order valence-electron chi connectivity index (χ3n) is 5.14. The highest BCUT2D eigenvalue weighted by Gasteiger charge is 2.46. The molecule has 0 amide bonds. The van der Waals surface area contributed by atoms with Crippen LogP contribution >= 0.6 is 0 Å². The predicted octanol–water partition coefficient (Wildman–Crippen LogP) is 3.35. The number of carboxylic acids is 1. The molecule has 4 nitrogen and oxygen atoms in total. The first-order valence-electron chi connectivity index (χ1n) is 8.61. The van der Waals surface area contributed by atoms with E-state index < -0.39 is 11.5 Å². The molecule has 0 bridgehead atoms. The number of ether oxygens (including phenoxy) is 1. The second-order valence-corrected chi connectivity index (χ2v) is 7.25. The smallest absolute Gasteiger partial charge is 0.324 e. The minimum atomic E-state index is -0.780. The maximum Gasteiger partial charge on any atom is 0.324 e. The molecule has 2 N–H and O–H groups in total. The molecule has 4 heteroatoms. The van der Waals surface area contributed by atoms with Gasteiger partial charge in [-0.1, -0.05) is 26.2 Å². The Balaban J connectivity index is 1.90. The zero-order chi connectivity index (χ0) is 15.5. The van der Waals surface area contributed by atoms with Crippen molar-refractivity contribution in [1.29, 1.82) is 0 Å². The molecule has 122 valence electrons. The summed E-state index contributed by atoms with van der Waals surface area (Å²) in [6.07, 6.45) is 8.71. The Morgan fingerprint density at radius 1 is 1.33 bits per heavy atom. The van der Waals surface area contributed by atoms with Crippen LogP contribution in [0, 0.1) is 5.92 Å². The Hall–Kier alpha value is -0.610. The van der Waals surface area contributed by atoms with Gasteiger partial charge in [-0.2, -0.15) is 0 Å². The summed E-state index contributed by atoms with van der Waals surface area (Å²) in [6, 6.07) is 0.180. The molecule has 2 saturated carbocycles. The van der Waals surface area contributed by atoms with E-state index in [-0.39, 0.29) is 12.1 Å². The molecule has 0 heterocycles. The lowest BCUT2D eigenvalue weighted by Gasteiger charge is -2.32. The van der Waals surface area contributed by atoms with E-state index >= 15 is 0 Å². The lowest BCUT2D eigenvalue weighted by atomic mass is 9.85. The number of rotatable bonds is 6. The van der Waals surface area contributed by atoms with E-state index in [9.17, 15) is 9.90 Å². The van der Waals surface area contributed by atoms with Crippen LogP contribution in [0.4, 0.5) is 0 Å². The first-order chi connectivity index (χ1) is 9.95. The van der Waals surface area contributed by atoms with Gasteiger partial charge in [0.25, 0.3) is 0 Å². The standard InChI is InChI=1S/C17H31NO3/c1-4-13-6-5-7-14(10-13)21-15-8-9-17(11-15,16(19)20)18-12(2)3/h12-15,18H,4-11H2,1-3H3,(H,19,20). The van der Waals surface area contributed by atoms with Crippen LogP contribution in [0.15, 0.2) is 0 Å². The molecular weight excluding hydrogens is 266 g/mol. The lowest BCUT2D eigenvalue weighted by molar-refractivity contribution is -0.145. The second kappa shape index (κ2) is 7.10. The van der Waals surface area contributed by atoms with Gasteiger partial charge in [0.05, 0.1) is 12.2 Å². The number of carboxylic acid groups (broad SMARTS) is 1. The topological polar surface area (TPSA) is 58.6 Å². The van der Waals surface area contributed by atoms with Crippen LogP contribution in [-0.2, 0) is 9.53 Å². The quantitative estimate of drug-likeness (QED) is 0.789. The van der Waals surface area contributed by atoms with E-state index in [4.69, 9.17) is 4.74 Å². The summed E-state index contributed by atoms with van der Waals surface area (Å²) in [5, 5.41) is 12.9. The number of aliphatic carboxylic acids is 1. The highest BCUT2D eigenvalue weighted by atomic mass is 16.5. The second-order valence-electron chi connectivity index (χ2n) is 7.25. The Morgan fingerprint density at radius 2 is 2.10 bits per heavy atom. The van der Waals surface area contributed by atoms with Gasteiger partial charge in [-0.25, -0.2) is 0 Å². The van der Waals surface area contributed by atoms with Crippen LogP contribution in [-0.4, -0.2) is 34.9 Å². The van der Waals surface area contributed by atoms with Crippen LogP contribution in [0.25, 0.3) is 0 Å². The van der Waals surface area contributed by atoms with Crippen molar-refractivity contribution in [2.45, 2.75) is 95.9 Å². The van der Waals surface area contributed by atoms with Crippen molar-refractivity contribution in [3.8, 4) is 0 Å². The Bertz CT molecular complexity index is 358. The van der Waals surface area contributed by atoms with Gasteiger partial charge < -0.3 is 9.84 Å². The van der Waals surface area contributed by atoms with Gasteiger partial charge in [0, 0.05) is 12.5 Å². The van der Waals surface area contributed by atoms with Crippen LogP contribution in [0.2, 0.25) is 0 Å². The van der Waals surface area contributed by atoms with E-state index in [0.29, 0.717) is 18.9 Å². The molecule has 2 aliphatic carbocycles. The van der Waals surface area contributed by atoms with Crippen LogP contribution in [0.3, 0.4) is 0 Å². The van der Waals surface area contributed by atoms with E-state index in [1.54, 1.807) is 0 Å². The van der Waals surface area contributed by atoms with E-state index in [0.717, 1.165) is 25.2 Å². The van der Waals surface area contributed by atoms with Crippen molar-refractivity contribution < 1.29 is 14.6 Å². The number of hydrogen-bond acceptors (Lipinski definition) is 3. The molecule has 4 atom stereocenters. The van der Waals surface area contributed by atoms with E-state index in [1.165, 1.54) is 19.3 Å². The zero-order valence-corrected chi connectivity index (χ0v) is 13.7. The van der Waals surface area contributed by atoms with E-state index in [1.807, 2.05) is 13.8 Å². The van der Waals surface area contributed by atoms with Crippen LogP contribution in [0.5, 0.6) is 0 Å². The fraction of sp³-hybridized carbons (Fsp3) is 0.941. The summed E-state index contributed by atoms with van der Waals surface area (Å²) in [7, 11) is 0. The molecule has 0 aromatic rings. The third kappa shape index (κ3) is 4.19. The molecule has 4 unspecified atom stereocenters. The van der Waals surface area contributed by atoms with Gasteiger partial charge in [0.15, 0.2) is 0 Å². The lowest BCUT2D eigenvalue weighted by Crippen LogP contribution is -2.53. The molecule has 0 spiro atoms. The van der Waals surface area contributed by atoms with Crippen molar-refractivity contribution in [2.75, 3.05) is 0 Å². The van der Waals surface area contributed by atoms with Crippen molar-refractivity contribution in [2.24, 2.45) is 5.92 Å². The number of hydrogen-bond donors (Lipinski definition) is 2. The zero-order valence-electron chi connectivity index (χ0n) is 13.7. The van der Waals surface area contributed by atoms with E-state index in [2.05, 4.69) is 12.2 Å². The summed E-state index contributed by atoms with van der Waals surface area (Å²) < 4.78 is 6.27. The number of carbonyl (C=O) groups is 1. The first-order valence-corrected chi connectivity index (χ1v) is 8.61.